The van der Waals surface area contributed by atoms with E-state index in [0.717, 1.165) is 42.5 Å². The molecule has 4 rings (SSSR count). The topological polar surface area (TPSA) is 224 Å². The van der Waals surface area contributed by atoms with Crippen LogP contribution in [0.1, 0.15) is 71.0 Å². The van der Waals surface area contributed by atoms with Crippen LogP contribution in [-0.2, 0) is 20.4 Å². The number of hydrogen-bond acceptors (Lipinski definition) is 6. The van der Waals surface area contributed by atoms with Crippen LogP contribution < -0.4 is 0 Å². The van der Waals surface area contributed by atoms with Crippen LogP contribution in [0.25, 0.3) is 5.57 Å². The first-order chi connectivity index (χ1) is 19.7. The number of aliphatic carboxylic acids is 2. The summed E-state index contributed by atoms with van der Waals surface area (Å²) in [6.07, 6.45) is 0.0112. The Bertz CT molecular complexity index is 1640. The molecule has 3 aromatic carbocycles. The van der Waals surface area contributed by atoms with Gasteiger partial charge in [-0.05, 0) is 71.5 Å². The second kappa shape index (κ2) is 10.7. The molecule has 0 fully saturated rings. The molecule has 3 aromatic rings. The van der Waals surface area contributed by atoms with E-state index in [4.69, 9.17) is 0 Å². The molecule has 1 aliphatic carbocycles. The molecule has 1 aliphatic rings. The Morgan fingerprint density at radius 3 is 1.40 bits per heavy atom. The summed E-state index contributed by atoms with van der Waals surface area (Å²) in [6.45, 7) is 0. The molecular formula is C30H22O12. The van der Waals surface area contributed by atoms with Crippen LogP contribution in [0, 0.1) is 0 Å². The van der Waals surface area contributed by atoms with Crippen LogP contribution in [0.3, 0.4) is 0 Å². The van der Waals surface area contributed by atoms with Gasteiger partial charge in [-0.3, -0.25) is 9.59 Å². The lowest BCUT2D eigenvalue weighted by molar-refractivity contribution is -0.148. The van der Waals surface area contributed by atoms with Crippen molar-refractivity contribution in [2.75, 3.05) is 0 Å². The molecule has 0 amide bonds. The highest BCUT2D eigenvalue weighted by atomic mass is 16.4. The van der Waals surface area contributed by atoms with Crippen LogP contribution in [-0.4, -0.2) is 66.5 Å². The fourth-order valence-electron chi connectivity index (χ4n) is 5.32. The summed E-state index contributed by atoms with van der Waals surface area (Å²) in [5, 5.41) is 59.8. The van der Waals surface area contributed by atoms with E-state index in [1.807, 2.05) is 0 Å². The van der Waals surface area contributed by atoms with Crippen molar-refractivity contribution in [1.82, 2.24) is 0 Å². The number of rotatable bonds is 9. The summed E-state index contributed by atoms with van der Waals surface area (Å²) in [5.74, 6) is -9.22. The third-order valence-corrected chi connectivity index (χ3v) is 7.35. The van der Waals surface area contributed by atoms with E-state index in [-0.39, 0.29) is 22.3 Å². The zero-order valence-electron chi connectivity index (χ0n) is 21.5. The van der Waals surface area contributed by atoms with Crippen molar-refractivity contribution < 1.29 is 59.4 Å². The maximum absolute atomic E-state index is 13.2. The molecule has 0 aromatic heterocycles. The quantitative estimate of drug-likeness (QED) is 0.215. The molecule has 12 nitrogen and oxygen atoms in total. The van der Waals surface area contributed by atoms with Crippen molar-refractivity contribution >= 4 is 41.4 Å². The highest BCUT2D eigenvalue weighted by Crippen LogP contribution is 2.52. The largest absolute Gasteiger partial charge is 0.481 e. The molecule has 42 heavy (non-hydrogen) atoms. The highest BCUT2D eigenvalue weighted by Gasteiger charge is 2.55. The normalized spacial score (nSPS) is 19.8. The lowest BCUT2D eigenvalue weighted by Crippen LogP contribution is -2.49. The van der Waals surface area contributed by atoms with Gasteiger partial charge < -0.3 is 30.6 Å². The molecule has 0 radical (unpaired) electrons. The van der Waals surface area contributed by atoms with E-state index in [1.54, 1.807) is 6.07 Å². The van der Waals surface area contributed by atoms with Gasteiger partial charge in [-0.1, -0.05) is 36.4 Å². The monoisotopic (exact) mass is 574 g/mol. The van der Waals surface area contributed by atoms with Crippen LogP contribution in [0.5, 0.6) is 0 Å². The third-order valence-electron chi connectivity index (χ3n) is 7.35. The molecule has 0 heterocycles. The zero-order valence-corrected chi connectivity index (χ0v) is 21.5. The molecule has 12 heteroatoms. The van der Waals surface area contributed by atoms with Gasteiger partial charge in [0.15, 0.2) is 0 Å². The molecule has 0 bridgehead atoms. The van der Waals surface area contributed by atoms with Crippen molar-refractivity contribution in [2.45, 2.75) is 23.7 Å². The smallest absolute Gasteiger partial charge is 0.335 e. The van der Waals surface area contributed by atoms with Gasteiger partial charge in [-0.15, -0.1) is 0 Å². The fourth-order valence-corrected chi connectivity index (χ4v) is 5.32. The third kappa shape index (κ3) is 5.08. The minimum Gasteiger partial charge on any atom is -0.481 e. The van der Waals surface area contributed by atoms with Crippen molar-refractivity contribution in [2.24, 2.45) is 0 Å². The predicted molar refractivity (Wildman–Crippen MR) is 143 cm³/mol. The summed E-state index contributed by atoms with van der Waals surface area (Å²) in [7, 11) is 0. The lowest BCUT2D eigenvalue weighted by atomic mass is 9.57. The van der Waals surface area contributed by atoms with Gasteiger partial charge in [-0.2, -0.15) is 0 Å². The van der Waals surface area contributed by atoms with Crippen LogP contribution in [0.15, 0.2) is 72.8 Å². The van der Waals surface area contributed by atoms with E-state index in [0.29, 0.717) is 0 Å². The number of aromatic carboxylic acids is 4. The van der Waals surface area contributed by atoms with Crippen LogP contribution in [0.2, 0.25) is 0 Å². The molecule has 2 unspecified atom stereocenters. The summed E-state index contributed by atoms with van der Waals surface area (Å²) < 4.78 is 0. The number of carboxylic acid groups (broad SMARTS) is 6. The molecule has 0 spiro atoms. The fraction of sp³-hybridized carbons (Fsp3) is 0.133. The average molecular weight is 574 g/mol. The van der Waals surface area contributed by atoms with E-state index >= 15 is 0 Å². The summed E-state index contributed by atoms with van der Waals surface area (Å²) >= 11 is 0. The molecule has 2 atom stereocenters. The highest BCUT2D eigenvalue weighted by molar-refractivity contribution is 6.00. The van der Waals surface area contributed by atoms with Gasteiger partial charge in [0.25, 0.3) is 0 Å². The van der Waals surface area contributed by atoms with Crippen LogP contribution in [0.4, 0.5) is 0 Å². The number of benzene rings is 3. The van der Waals surface area contributed by atoms with Gasteiger partial charge in [-0.25, -0.2) is 19.2 Å². The Kier molecular flexibility index (Phi) is 7.41. The van der Waals surface area contributed by atoms with Crippen molar-refractivity contribution in [1.29, 1.82) is 0 Å². The Balaban J connectivity index is 2.16. The molecule has 6 N–H and O–H groups in total. The maximum Gasteiger partial charge on any atom is 0.335 e. The standard InChI is InChI=1S/C30H22O12/c31-23(32)16-6-15(7-17(8-16)24(33)34)20-12-29(27(39)40,21-4-2-1-3-5-21)14-30(13-20,28(41)42)22-10-18(25(35)36)9-19(11-22)26(37)38/h1-11,13H,12,14H2,(H,31,32)(H,33,34)(H,35,36)(H,37,38)(H,39,40)(H,41,42). The van der Waals surface area contributed by atoms with Gasteiger partial charge in [0.1, 0.15) is 5.41 Å². The van der Waals surface area contributed by atoms with Crippen molar-refractivity contribution in [3.8, 4) is 0 Å². The second-order valence-electron chi connectivity index (χ2n) is 9.87. The summed E-state index contributed by atoms with van der Waals surface area (Å²) in [6, 6.07) is 13.3. The second-order valence-corrected chi connectivity index (χ2v) is 9.87. The minimum absolute atomic E-state index is 0.0573. The number of carboxylic acids is 6. The SMILES string of the molecule is O=C(O)c1cc(C(=O)O)cc(C2=CC(C(=O)O)(c3cc(C(=O)O)cc(C(=O)O)c3)CC(C(=O)O)(c3ccccc3)C2)c1. The summed E-state index contributed by atoms with van der Waals surface area (Å²) in [4.78, 5) is 73.7. The van der Waals surface area contributed by atoms with E-state index in [2.05, 4.69) is 0 Å². The van der Waals surface area contributed by atoms with Crippen LogP contribution >= 0.6 is 0 Å². The Morgan fingerprint density at radius 2 is 1.00 bits per heavy atom. The summed E-state index contributed by atoms with van der Waals surface area (Å²) in [5.41, 5.74) is -6.76. The molecule has 214 valence electrons. The predicted octanol–water partition coefficient (Wildman–Crippen LogP) is 3.70. The maximum atomic E-state index is 13.2. The van der Waals surface area contributed by atoms with Crippen molar-refractivity contribution in [3.63, 3.8) is 0 Å². The molecule has 0 aliphatic heterocycles. The number of hydrogen-bond donors (Lipinski definition) is 6. The van der Waals surface area contributed by atoms with Gasteiger partial charge in [0, 0.05) is 0 Å². The Morgan fingerprint density at radius 1 is 0.548 bits per heavy atom. The van der Waals surface area contributed by atoms with E-state index in [1.165, 1.54) is 24.3 Å². The molecule has 0 saturated carbocycles. The molecule has 0 saturated heterocycles. The van der Waals surface area contributed by atoms with Gasteiger partial charge in [0.05, 0.1) is 27.7 Å². The Labute approximate surface area is 236 Å². The first-order valence-electron chi connectivity index (χ1n) is 12.2. The number of allylic oxidation sites excluding steroid dienone is 1. The first kappa shape index (κ1) is 29.2. The van der Waals surface area contributed by atoms with Crippen molar-refractivity contribution in [3.05, 3.63) is 112 Å². The zero-order chi connectivity index (χ0) is 31.0. The Hall–Kier alpha value is -5.78. The van der Waals surface area contributed by atoms with E-state index in [9.17, 15) is 59.4 Å². The van der Waals surface area contributed by atoms with E-state index < -0.39 is 81.7 Å². The average Bonchev–Trinajstić information content (AvgIpc) is 2.96. The first-order valence-corrected chi connectivity index (χ1v) is 12.2. The van der Waals surface area contributed by atoms with Gasteiger partial charge in [0.2, 0.25) is 0 Å². The molecular weight excluding hydrogens is 552 g/mol. The minimum atomic E-state index is -2.36. The lowest BCUT2D eigenvalue weighted by Gasteiger charge is -2.43. The van der Waals surface area contributed by atoms with Gasteiger partial charge >= 0.3 is 35.8 Å². The number of carbonyl (C=O) groups is 6.